The van der Waals surface area contributed by atoms with Gasteiger partial charge in [0, 0.05) is 6.54 Å². The number of aliphatic hydroxyl groups excluding tert-OH is 1. The van der Waals surface area contributed by atoms with Crippen LogP contribution in [0.3, 0.4) is 0 Å². The molecule has 0 fully saturated rings. The first-order chi connectivity index (χ1) is 9.31. The summed E-state index contributed by atoms with van der Waals surface area (Å²) in [4.78, 5) is -0.0152. The largest absolute Gasteiger partial charge is 0.396 e. The Morgan fingerprint density at radius 2 is 2.05 bits per heavy atom. The van der Waals surface area contributed by atoms with Gasteiger partial charge in [-0.25, -0.2) is 17.5 Å². The van der Waals surface area contributed by atoms with Gasteiger partial charge in [-0.2, -0.15) is 0 Å². The van der Waals surface area contributed by atoms with Crippen molar-refractivity contribution in [3.05, 3.63) is 23.0 Å². The number of ether oxygens (including phenoxy) is 1. The number of hydrogen-bond acceptors (Lipinski definition) is 5. The molecule has 20 heavy (non-hydrogen) atoms. The van der Waals surface area contributed by atoms with Gasteiger partial charge in [0.25, 0.3) is 0 Å². The predicted octanol–water partition coefficient (Wildman–Crippen LogP) is 0.312. The molecular weight excluding hydrogens is 287 g/mol. The molecule has 0 atom stereocenters. The number of anilines is 1. The first kappa shape index (κ1) is 16.8. The van der Waals surface area contributed by atoms with E-state index in [1.165, 1.54) is 13.8 Å². The maximum Gasteiger partial charge on any atom is 0.241 e. The number of hydrogen-bond donors (Lipinski definition) is 3. The fourth-order valence-corrected chi connectivity index (χ4v) is 3.32. The number of nitrogens with one attached hydrogen (secondary N) is 1. The van der Waals surface area contributed by atoms with Crippen LogP contribution < -0.4 is 10.5 Å². The number of nitrogens with two attached hydrogens (primary N) is 1. The van der Waals surface area contributed by atoms with E-state index in [4.69, 9.17) is 15.6 Å². The number of rotatable bonds is 7. The third-order valence-electron chi connectivity index (χ3n) is 2.75. The van der Waals surface area contributed by atoms with Gasteiger partial charge < -0.3 is 15.6 Å². The molecule has 0 aromatic heterocycles. The molecule has 0 aliphatic heterocycles. The quantitative estimate of drug-likeness (QED) is 0.497. The van der Waals surface area contributed by atoms with Gasteiger partial charge in [-0.3, -0.25) is 0 Å². The summed E-state index contributed by atoms with van der Waals surface area (Å²) in [6.45, 7) is 3.17. The summed E-state index contributed by atoms with van der Waals surface area (Å²) in [5.74, 6) is -0.634. The van der Waals surface area contributed by atoms with Crippen LogP contribution in [-0.4, -0.2) is 39.9 Å². The molecule has 4 N–H and O–H groups in total. The predicted molar refractivity (Wildman–Crippen MR) is 73.4 cm³/mol. The molecule has 8 heteroatoms. The van der Waals surface area contributed by atoms with E-state index in [2.05, 4.69) is 4.72 Å². The van der Waals surface area contributed by atoms with Gasteiger partial charge in [-0.15, -0.1) is 0 Å². The molecule has 114 valence electrons. The Bertz CT molecular complexity index is 575. The van der Waals surface area contributed by atoms with E-state index in [0.29, 0.717) is 0 Å². The molecule has 6 nitrogen and oxygen atoms in total. The smallest absolute Gasteiger partial charge is 0.241 e. The van der Waals surface area contributed by atoms with E-state index < -0.39 is 15.8 Å². The molecule has 0 saturated heterocycles. The molecule has 1 aromatic carbocycles. The topological polar surface area (TPSA) is 102 Å². The zero-order valence-electron chi connectivity index (χ0n) is 11.4. The minimum atomic E-state index is -3.79. The first-order valence-corrected chi connectivity index (χ1v) is 7.53. The number of halogens is 1. The Morgan fingerprint density at radius 3 is 2.65 bits per heavy atom. The molecule has 0 radical (unpaired) electrons. The monoisotopic (exact) mass is 306 g/mol. The number of aryl methyl sites for hydroxylation is 1. The molecule has 0 aliphatic rings. The van der Waals surface area contributed by atoms with Crippen LogP contribution in [0.15, 0.2) is 11.0 Å². The van der Waals surface area contributed by atoms with Crippen molar-refractivity contribution in [2.24, 2.45) is 0 Å². The minimum absolute atomic E-state index is 0.0152. The lowest BCUT2D eigenvalue weighted by Crippen LogP contribution is -2.29. The van der Waals surface area contributed by atoms with Crippen LogP contribution in [0, 0.1) is 19.7 Å². The summed E-state index contributed by atoms with van der Waals surface area (Å²) in [6.07, 6.45) is 0. The molecule has 1 aromatic rings. The van der Waals surface area contributed by atoms with Gasteiger partial charge in [0.1, 0.15) is 5.82 Å². The van der Waals surface area contributed by atoms with Crippen LogP contribution in [0.4, 0.5) is 10.1 Å². The van der Waals surface area contributed by atoms with E-state index in [9.17, 15) is 12.8 Å². The van der Waals surface area contributed by atoms with Crippen LogP contribution in [0.25, 0.3) is 0 Å². The third kappa shape index (κ3) is 3.89. The molecule has 1 rings (SSSR count). The maximum absolute atomic E-state index is 13.4. The Morgan fingerprint density at radius 1 is 1.40 bits per heavy atom. The fourth-order valence-electron chi connectivity index (χ4n) is 1.83. The highest BCUT2D eigenvalue weighted by Gasteiger charge is 2.22. The van der Waals surface area contributed by atoms with Crippen LogP contribution in [-0.2, 0) is 14.8 Å². The second-order valence-electron chi connectivity index (χ2n) is 4.28. The van der Waals surface area contributed by atoms with Crippen molar-refractivity contribution in [3.8, 4) is 0 Å². The zero-order valence-corrected chi connectivity index (χ0v) is 12.3. The molecule has 0 aliphatic carbocycles. The average Bonchev–Trinajstić information content (AvgIpc) is 2.35. The molecule has 0 spiro atoms. The normalized spacial score (nSPS) is 11.8. The van der Waals surface area contributed by atoms with E-state index >= 15 is 0 Å². The van der Waals surface area contributed by atoms with Crippen LogP contribution >= 0.6 is 0 Å². The standard InChI is InChI=1S/C12H19FN2O4S/c1-8-7-10(13)11(14)9(2)12(8)20(17,18)15-3-5-19-6-4-16/h7,15-16H,3-6,14H2,1-2H3. The summed E-state index contributed by atoms with van der Waals surface area (Å²) in [7, 11) is -3.79. The Kier molecular flexibility index (Phi) is 5.88. The first-order valence-electron chi connectivity index (χ1n) is 6.04. The van der Waals surface area contributed by atoms with Gasteiger partial charge in [0.2, 0.25) is 10.0 Å². The van der Waals surface area contributed by atoms with E-state index in [1.807, 2.05) is 0 Å². The third-order valence-corrected chi connectivity index (χ3v) is 4.50. The molecule has 0 amide bonds. The van der Waals surface area contributed by atoms with Crippen LogP contribution in [0.2, 0.25) is 0 Å². The van der Waals surface area contributed by atoms with Crippen LogP contribution in [0.1, 0.15) is 11.1 Å². The lowest BCUT2D eigenvalue weighted by atomic mass is 10.1. The molecule has 0 heterocycles. The average molecular weight is 306 g/mol. The van der Waals surface area contributed by atoms with Gasteiger partial charge in [-0.1, -0.05) is 0 Å². The Hall–Kier alpha value is -1.22. The van der Waals surface area contributed by atoms with Crippen molar-refractivity contribution in [2.75, 3.05) is 32.1 Å². The molecular formula is C12H19FN2O4S. The Balaban J connectivity index is 2.91. The highest BCUT2D eigenvalue weighted by atomic mass is 32.2. The van der Waals surface area contributed by atoms with Crippen LogP contribution in [0.5, 0.6) is 0 Å². The van der Waals surface area contributed by atoms with E-state index in [0.717, 1.165) is 6.07 Å². The highest BCUT2D eigenvalue weighted by Crippen LogP contribution is 2.27. The van der Waals surface area contributed by atoms with Gasteiger partial charge in [-0.05, 0) is 31.0 Å². The van der Waals surface area contributed by atoms with Crippen molar-refractivity contribution >= 4 is 15.7 Å². The summed E-state index contributed by atoms with van der Waals surface area (Å²) >= 11 is 0. The molecule has 0 bridgehead atoms. The summed E-state index contributed by atoms with van der Waals surface area (Å²) in [5.41, 5.74) is 5.83. The SMILES string of the molecule is Cc1cc(F)c(N)c(C)c1S(=O)(=O)NCCOCCO. The highest BCUT2D eigenvalue weighted by molar-refractivity contribution is 7.89. The van der Waals surface area contributed by atoms with Gasteiger partial charge in [0.05, 0.1) is 30.4 Å². The second kappa shape index (κ2) is 6.98. The van der Waals surface area contributed by atoms with E-state index in [1.54, 1.807) is 0 Å². The number of sulfonamides is 1. The van der Waals surface area contributed by atoms with Crippen molar-refractivity contribution in [2.45, 2.75) is 18.7 Å². The number of benzene rings is 1. The zero-order chi connectivity index (χ0) is 15.3. The summed E-state index contributed by atoms with van der Waals surface area (Å²) in [5, 5.41) is 8.52. The second-order valence-corrected chi connectivity index (χ2v) is 5.98. The van der Waals surface area contributed by atoms with Gasteiger partial charge >= 0.3 is 0 Å². The van der Waals surface area contributed by atoms with Gasteiger partial charge in [0.15, 0.2) is 0 Å². The minimum Gasteiger partial charge on any atom is -0.396 e. The van der Waals surface area contributed by atoms with E-state index in [-0.39, 0.29) is 48.1 Å². The molecule has 0 saturated carbocycles. The van der Waals surface area contributed by atoms with Crippen molar-refractivity contribution in [3.63, 3.8) is 0 Å². The lowest BCUT2D eigenvalue weighted by Gasteiger charge is -2.14. The maximum atomic E-state index is 13.4. The molecule has 0 unspecified atom stereocenters. The van der Waals surface area contributed by atoms with Crippen molar-refractivity contribution < 1.29 is 22.7 Å². The fraction of sp³-hybridized carbons (Fsp3) is 0.500. The number of aliphatic hydroxyl groups is 1. The Labute approximate surface area is 117 Å². The lowest BCUT2D eigenvalue weighted by molar-refractivity contribution is 0.0961. The number of nitrogen functional groups attached to an aromatic ring is 1. The van der Waals surface area contributed by atoms with Crippen molar-refractivity contribution in [1.82, 2.24) is 4.72 Å². The summed E-state index contributed by atoms with van der Waals surface area (Å²) < 4.78 is 45.1. The van der Waals surface area contributed by atoms with Crippen molar-refractivity contribution in [1.29, 1.82) is 0 Å². The summed E-state index contributed by atoms with van der Waals surface area (Å²) in [6, 6.07) is 1.10.